The molecule has 7 heteroatoms. The van der Waals surface area contributed by atoms with E-state index in [-0.39, 0.29) is 11.3 Å². The van der Waals surface area contributed by atoms with E-state index in [1.165, 1.54) is 10.4 Å². The van der Waals surface area contributed by atoms with Crippen molar-refractivity contribution < 1.29 is 17.9 Å². The van der Waals surface area contributed by atoms with Crippen molar-refractivity contribution in [1.82, 2.24) is 4.31 Å². The van der Waals surface area contributed by atoms with Crippen LogP contribution in [-0.4, -0.2) is 37.5 Å². The number of aliphatic hydroxyl groups is 1. The predicted octanol–water partition coefficient (Wildman–Crippen LogP) is 1.17. The minimum Gasteiger partial charge on any atom is -0.384 e. The van der Waals surface area contributed by atoms with Gasteiger partial charge in [-0.2, -0.15) is 12.7 Å². The lowest BCUT2D eigenvalue weighted by atomic mass is 10.2. The molecular formula is C13H17FN2O3S. The number of nitrogens with zero attached hydrogens (tertiary/aromatic N) is 1. The fourth-order valence-corrected chi connectivity index (χ4v) is 2.88. The molecular weight excluding hydrogens is 283 g/mol. The molecule has 0 unspecified atom stereocenters. The van der Waals surface area contributed by atoms with Gasteiger partial charge < -0.3 is 5.11 Å². The van der Waals surface area contributed by atoms with Crippen LogP contribution >= 0.6 is 0 Å². The van der Waals surface area contributed by atoms with Crippen LogP contribution in [0.4, 0.5) is 10.1 Å². The maximum absolute atomic E-state index is 13.2. The maximum Gasteiger partial charge on any atom is 0.301 e. The molecule has 0 heterocycles. The Kier molecular flexibility index (Phi) is 5.95. The predicted molar refractivity (Wildman–Crippen MR) is 75.8 cm³/mol. The summed E-state index contributed by atoms with van der Waals surface area (Å²) < 4.78 is 41.0. The lowest BCUT2D eigenvalue weighted by Crippen LogP contribution is -2.35. The summed E-state index contributed by atoms with van der Waals surface area (Å²) in [6.45, 7) is 3.70. The Hall–Kier alpha value is -1.62. The van der Waals surface area contributed by atoms with Gasteiger partial charge in [0.05, 0.1) is 11.3 Å². The van der Waals surface area contributed by atoms with E-state index >= 15 is 0 Å². The van der Waals surface area contributed by atoms with Gasteiger partial charge in [-0.15, -0.1) is 0 Å². The molecule has 1 rings (SSSR count). The molecule has 0 spiro atoms. The summed E-state index contributed by atoms with van der Waals surface area (Å²) in [5.74, 6) is 4.35. The van der Waals surface area contributed by atoms with Gasteiger partial charge in [0.25, 0.3) is 0 Å². The molecule has 0 fully saturated rings. The van der Waals surface area contributed by atoms with Crippen molar-refractivity contribution in [3.05, 3.63) is 29.6 Å². The van der Waals surface area contributed by atoms with Gasteiger partial charge in [0.15, 0.2) is 0 Å². The van der Waals surface area contributed by atoms with E-state index in [4.69, 9.17) is 5.11 Å². The van der Waals surface area contributed by atoms with Crippen LogP contribution in [-0.2, 0) is 10.2 Å². The number of rotatable bonds is 5. The highest BCUT2D eigenvalue weighted by molar-refractivity contribution is 7.90. The zero-order chi connectivity index (χ0) is 15.2. The Morgan fingerprint density at radius 3 is 2.55 bits per heavy atom. The molecule has 1 aromatic carbocycles. The first-order chi connectivity index (χ1) is 9.44. The third kappa shape index (κ3) is 4.20. The lowest BCUT2D eigenvalue weighted by Gasteiger charge is -2.20. The summed E-state index contributed by atoms with van der Waals surface area (Å²) in [4.78, 5) is 0. The quantitative estimate of drug-likeness (QED) is 0.802. The summed E-state index contributed by atoms with van der Waals surface area (Å²) in [5.41, 5.74) is 0.356. The smallest absolute Gasteiger partial charge is 0.301 e. The fourth-order valence-electron chi connectivity index (χ4n) is 1.61. The van der Waals surface area contributed by atoms with Gasteiger partial charge in [0, 0.05) is 13.1 Å². The van der Waals surface area contributed by atoms with Crippen molar-refractivity contribution in [2.75, 3.05) is 24.4 Å². The maximum atomic E-state index is 13.2. The van der Waals surface area contributed by atoms with Gasteiger partial charge in [0.1, 0.15) is 12.4 Å². The minimum absolute atomic E-state index is 0.176. The van der Waals surface area contributed by atoms with E-state index in [1.54, 1.807) is 13.8 Å². The average Bonchev–Trinajstić information content (AvgIpc) is 2.39. The molecule has 5 nitrogen and oxygen atoms in total. The number of halogens is 1. The second kappa shape index (κ2) is 7.24. The largest absolute Gasteiger partial charge is 0.384 e. The molecule has 0 aliphatic carbocycles. The molecule has 0 aliphatic rings. The SMILES string of the molecule is CCN(CC)S(=O)(=O)Nc1ccc(F)cc1C#CCO. The van der Waals surface area contributed by atoms with Crippen LogP contribution in [0.3, 0.4) is 0 Å². The molecule has 0 atom stereocenters. The van der Waals surface area contributed by atoms with Crippen molar-refractivity contribution in [2.45, 2.75) is 13.8 Å². The molecule has 0 saturated heterocycles. The molecule has 0 saturated carbocycles. The summed E-state index contributed by atoms with van der Waals surface area (Å²) in [6, 6.07) is 3.56. The van der Waals surface area contributed by atoms with Crippen molar-refractivity contribution in [2.24, 2.45) is 0 Å². The highest BCUT2D eigenvalue weighted by atomic mass is 32.2. The van der Waals surface area contributed by atoms with Crippen LogP contribution in [0.25, 0.3) is 0 Å². The minimum atomic E-state index is -3.71. The number of nitrogens with one attached hydrogen (secondary N) is 1. The summed E-state index contributed by atoms with van der Waals surface area (Å²) in [5, 5.41) is 8.67. The van der Waals surface area contributed by atoms with E-state index in [1.807, 2.05) is 0 Å². The topological polar surface area (TPSA) is 69.6 Å². The molecule has 110 valence electrons. The fraction of sp³-hybridized carbons (Fsp3) is 0.385. The van der Waals surface area contributed by atoms with E-state index in [0.717, 1.165) is 12.1 Å². The molecule has 1 aromatic rings. The van der Waals surface area contributed by atoms with E-state index < -0.39 is 22.6 Å². The molecule has 0 aliphatic heterocycles. The van der Waals surface area contributed by atoms with Crippen molar-refractivity contribution in [1.29, 1.82) is 0 Å². The third-order valence-electron chi connectivity index (χ3n) is 2.57. The number of benzene rings is 1. The second-order valence-electron chi connectivity index (χ2n) is 3.84. The Labute approximate surface area is 118 Å². The van der Waals surface area contributed by atoms with E-state index in [9.17, 15) is 12.8 Å². The third-order valence-corrected chi connectivity index (χ3v) is 4.24. The molecule has 0 aromatic heterocycles. The number of hydrogen-bond acceptors (Lipinski definition) is 3. The first kappa shape index (κ1) is 16.4. The zero-order valence-electron chi connectivity index (χ0n) is 11.4. The van der Waals surface area contributed by atoms with Crippen LogP contribution in [0, 0.1) is 17.7 Å². The van der Waals surface area contributed by atoms with Crippen molar-refractivity contribution >= 4 is 15.9 Å². The van der Waals surface area contributed by atoms with E-state index in [2.05, 4.69) is 16.6 Å². The highest BCUT2D eigenvalue weighted by Gasteiger charge is 2.19. The first-order valence-corrected chi connectivity index (χ1v) is 7.55. The molecule has 0 amide bonds. The van der Waals surface area contributed by atoms with Gasteiger partial charge >= 0.3 is 10.2 Å². The van der Waals surface area contributed by atoms with Crippen molar-refractivity contribution in [3.8, 4) is 11.8 Å². The van der Waals surface area contributed by atoms with E-state index in [0.29, 0.717) is 13.1 Å². The summed E-state index contributed by atoms with van der Waals surface area (Å²) >= 11 is 0. The highest BCUT2D eigenvalue weighted by Crippen LogP contribution is 2.18. The van der Waals surface area contributed by atoms with Gasteiger partial charge in [0.2, 0.25) is 0 Å². The Morgan fingerprint density at radius 2 is 2.00 bits per heavy atom. The number of aliphatic hydroxyl groups excluding tert-OH is 1. The second-order valence-corrected chi connectivity index (χ2v) is 5.51. The molecule has 0 bridgehead atoms. The standard InChI is InChI=1S/C13H17FN2O3S/c1-3-16(4-2)20(18,19)15-13-8-7-12(14)10-11(13)6-5-9-17/h7-8,10,15,17H,3-4,9H2,1-2H3. The van der Waals surface area contributed by atoms with Gasteiger partial charge in [-0.05, 0) is 18.2 Å². The van der Waals surface area contributed by atoms with Gasteiger partial charge in [-0.1, -0.05) is 25.7 Å². The van der Waals surface area contributed by atoms with Crippen molar-refractivity contribution in [3.63, 3.8) is 0 Å². The molecule has 0 radical (unpaired) electrons. The lowest BCUT2D eigenvalue weighted by molar-refractivity contribution is 0.350. The molecule has 20 heavy (non-hydrogen) atoms. The van der Waals surface area contributed by atoms with Crippen LogP contribution < -0.4 is 4.72 Å². The average molecular weight is 300 g/mol. The van der Waals surface area contributed by atoms with Gasteiger partial charge in [-0.3, -0.25) is 4.72 Å². The monoisotopic (exact) mass is 300 g/mol. The van der Waals surface area contributed by atoms with Crippen LogP contribution in [0.2, 0.25) is 0 Å². The number of hydrogen-bond donors (Lipinski definition) is 2. The van der Waals surface area contributed by atoms with Gasteiger partial charge in [-0.25, -0.2) is 4.39 Å². The van der Waals surface area contributed by atoms with Crippen LogP contribution in [0.15, 0.2) is 18.2 Å². The Balaban J connectivity index is 3.15. The Morgan fingerprint density at radius 1 is 1.35 bits per heavy atom. The molecule has 2 N–H and O–H groups in total. The first-order valence-electron chi connectivity index (χ1n) is 6.11. The normalized spacial score (nSPS) is 11.1. The Bertz CT molecular complexity index is 616. The zero-order valence-corrected chi connectivity index (χ0v) is 12.2. The summed E-state index contributed by atoms with van der Waals surface area (Å²) in [6.07, 6.45) is 0. The van der Waals surface area contributed by atoms with Crippen LogP contribution in [0.1, 0.15) is 19.4 Å². The van der Waals surface area contributed by atoms with Crippen LogP contribution in [0.5, 0.6) is 0 Å². The summed E-state index contributed by atoms with van der Waals surface area (Å²) in [7, 11) is -3.71. The number of anilines is 1.